The highest BCUT2D eigenvalue weighted by atomic mass is 19.4. The van der Waals surface area contributed by atoms with Gasteiger partial charge in [0, 0.05) is 48.3 Å². The molecule has 2 aromatic carbocycles. The summed E-state index contributed by atoms with van der Waals surface area (Å²) in [6, 6.07) is 15.0. The second kappa shape index (κ2) is 10.5. The molecule has 0 atom stereocenters. The first kappa shape index (κ1) is 27.0. The number of aromatic nitrogens is 6. The largest absolute Gasteiger partial charge is 0.424 e. The summed E-state index contributed by atoms with van der Waals surface area (Å²) in [5.74, 6) is 1.90. The smallest absolute Gasteiger partial charge is 0.419 e. The van der Waals surface area contributed by atoms with Crippen molar-refractivity contribution in [3.63, 3.8) is 0 Å². The van der Waals surface area contributed by atoms with Crippen molar-refractivity contribution in [1.82, 2.24) is 29.7 Å². The summed E-state index contributed by atoms with van der Waals surface area (Å²) in [7, 11) is 0. The van der Waals surface area contributed by atoms with Gasteiger partial charge >= 0.3 is 12.2 Å². The molecule has 0 spiro atoms. The fourth-order valence-electron chi connectivity index (χ4n) is 4.05. The molecule has 0 unspecified atom stereocenters. The molecule has 0 radical (unpaired) electrons. The zero-order chi connectivity index (χ0) is 28.5. The van der Waals surface area contributed by atoms with Crippen LogP contribution in [0.3, 0.4) is 0 Å². The van der Waals surface area contributed by atoms with Gasteiger partial charge in [-0.3, -0.25) is 5.10 Å². The normalized spacial score (nSPS) is 12.1. The predicted octanol–water partition coefficient (Wildman–Crippen LogP) is 7.03. The Morgan fingerprint density at radius 2 is 1.70 bits per heavy atom. The van der Waals surface area contributed by atoms with E-state index in [0.717, 1.165) is 46.3 Å². The Bertz CT molecular complexity index is 1600. The van der Waals surface area contributed by atoms with Gasteiger partial charge in [0.15, 0.2) is 5.82 Å². The maximum atomic E-state index is 12.7. The molecule has 0 fully saturated rings. The van der Waals surface area contributed by atoms with Crippen molar-refractivity contribution < 1.29 is 17.9 Å². The van der Waals surface area contributed by atoms with Gasteiger partial charge in [0.05, 0.1) is 16.6 Å². The Morgan fingerprint density at radius 1 is 0.975 bits per heavy atom. The number of anilines is 3. The molecule has 0 aliphatic carbocycles. The zero-order valence-corrected chi connectivity index (χ0v) is 22.5. The van der Waals surface area contributed by atoms with Gasteiger partial charge in [-0.05, 0) is 42.8 Å². The van der Waals surface area contributed by atoms with Crippen molar-refractivity contribution in [2.75, 3.05) is 10.6 Å². The SMILES string of the molecule is CCn1c(NCc2ccc(Oc3ncc(C(F)(F)F)cn3)cc2)nc2ccc(Nc3cc(C(C)(C)C)[nH]n3)cc21. The molecule has 5 rings (SSSR count). The molecule has 0 amide bonds. The van der Waals surface area contributed by atoms with Crippen molar-refractivity contribution in [3.8, 4) is 11.8 Å². The number of nitrogens with one attached hydrogen (secondary N) is 3. The molecular formula is C28H29F3N8O. The lowest BCUT2D eigenvalue weighted by atomic mass is 9.92. The number of aromatic amines is 1. The van der Waals surface area contributed by atoms with E-state index >= 15 is 0 Å². The average Bonchev–Trinajstić information content (AvgIpc) is 3.52. The molecule has 0 bridgehead atoms. The monoisotopic (exact) mass is 550 g/mol. The van der Waals surface area contributed by atoms with Crippen LogP contribution >= 0.6 is 0 Å². The Kier molecular flexibility index (Phi) is 7.09. The number of H-pyrrole nitrogens is 1. The molecule has 3 N–H and O–H groups in total. The second-order valence-corrected chi connectivity index (χ2v) is 10.3. The van der Waals surface area contributed by atoms with Crippen LogP contribution in [0.1, 0.15) is 44.5 Å². The number of hydrogen-bond acceptors (Lipinski definition) is 7. The number of benzene rings is 2. The minimum absolute atomic E-state index is 0.0217. The summed E-state index contributed by atoms with van der Waals surface area (Å²) in [6.45, 7) is 9.68. The van der Waals surface area contributed by atoms with Gasteiger partial charge in [0.2, 0.25) is 5.95 Å². The first-order chi connectivity index (χ1) is 19.0. The standard InChI is InChI=1S/C28H29F3N8O/c1-5-39-22-12-19(35-24-13-23(37-38-24)27(2,3)4)8-11-21(22)36-25(39)32-14-17-6-9-20(10-7-17)40-26-33-15-18(16-34-26)28(29,30)31/h6-13,15-16H,5,14H2,1-4H3,(H,32,36)(H2,35,37,38). The van der Waals surface area contributed by atoms with Crippen LogP contribution in [-0.2, 0) is 24.7 Å². The molecule has 12 heteroatoms. The summed E-state index contributed by atoms with van der Waals surface area (Å²) in [5, 5.41) is 14.2. The van der Waals surface area contributed by atoms with Crippen molar-refractivity contribution in [1.29, 1.82) is 0 Å². The highest BCUT2D eigenvalue weighted by Crippen LogP contribution is 2.30. The van der Waals surface area contributed by atoms with Crippen LogP contribution in [0.5, 0.6) is 11.8 Å². The minimum Gasteiger partial charge on any atom is -0.424 e. The number of aryl methyl sites for hydroxylation is 1. The number of nitrogens with zero attached hydrogens (tertiary/aromatic N) is 5. The van der Waals surface area contributed by atoms with Crippen LogP contribution in [0, 0.1) is 0 Å². The van der Waals surface area contributed by atoms with E-state index in [1.807, 2.05) is 30.3 Å². The third-order valence-corrected chi connectivity index (χ3v) is 6.26. The van der Waals surface area contributed by atoms with E-state index in [-0.39, 0.29) is 11.4 Å². The second-order valence-electron chi connectivity index (χ2n) is 10.3. The van der Waals surface area contributed by atoms with E-state index in [0.29, 0.717) is 24.7 Å². The van der Waals surface area contributed by atoms with Crippen LogP contribution in [0.4, 0.5) is 30.6 Å². The Hall–Kier alpha value is -4.61. The van der Waals surface area contributed by atoms with E-state index < -0.39 is 11.7 Å². The summed E-state index contributed by atoms with van der Waals surface area (Å²) >= 11 is 0. The number of halogens is 3. The molecular weight excluding hydrogens is 521 g/mol. The molecule has 0 saturated carbocycles. The predicted molar refractivity (Wildman–Crippen MR) is 147 cm³/mol. The number of alkyl halides is 3. The van der Waals surface area contributed by atoms with Gasteiger partial charge in [-0.1, -0.05) is 32.9 Å². The molecule has 0 saturated heterocycles. The van der Waals surface area contributed by atoms with Crippen molar-refractivity contribution in [2.45, 2.75) is 52.4 Å². The van der Waals surface area contributed by atoms with Crippen LogP contribution in [0.25, 0.3) is 11.0 Å². The lowest BCUT2D eigenvalue weighted by Gasteiger charge is -2.14. The topological polar surface area (TPSA) is 106 Å². The van der Waals surface area contributed by atoms with E-state index in [2.05, 4.69) is 69.1 Å². The Labute approximate surface area is 228 Å². The molecule has 5 aromatic rings. The van der Waals surface area contributed by atoms with Gasteiger partial charge in [-0.15, -0.1) is 0 Å². The number of hydrogen-bond donors (Lipinski definition) is 3. The van der Waals surface area contributed by atoms with E-state index in [1.54, 1.807) is 12.1 Å². The van der Waals surface area contributed by atoms with E-state index in [9.17, 15) is 13.2 Å². The van der Waals surface area contributed by atoms with E-state index in [4.69, 9.17) is 9.72 Å². The first-order valence-corrected chi connectivity index (χ1v) is 12.7. The van der Waals surface area contributed by atoms with E-state index in [1.165, 1.54) is 0 Å². The molecule has 0 aliphatic heterocycles. The third kappa shape index (κ3) is 6.00. The summed E-state index contributed by atoms with van der Waals surface area (Å²) in [5.41, 5.74) is 3.83. The zero-order valence-electron chi connectivity index (χ0n) is 22.5. The van der Waals surface area contributed by atoms with Gasteiger partial charge in [0.25, 0.3) is 0 Å². The Balaban J connectivity index is 1.24. The molecule has 3 heterocycles. The number of imidazole rings is 1. The van der Waals surface area contributed by atoms with Crippen LogP contribution in [0.15, 0.2) is 60.9 Å². The van der Waals surface area contributed by atoms with Crippen LogP contribution in [0.2, 0.25) is 0 Å². The fourth-order valence-corrected chi connectivity index (χ4v) is 4.05. The fraction of sp³-hybridized carbons (Fsp3) is 0.286. The Morgan fingerprint density at radius 3 is 2.33 bits per heavy atom. The average molecular weight is 551 g/mol. The number of fused-ring (bicyclic) bond motifs is 1. The van der Waals surface area contributed by atoms with Gasteiger partial charge in [0.1, 0.15) is 5.75 Å². The summed E-state index contributed by atoms with van der Waals surface area (Å²) in [6.07, 6.45) is -3.11. The number of rotatable bonds is 8. The van der Waals surface area contributed by atoms with Crippen LogP contribution in [-0.4, -0.2) is 29.7 Å². The van der Waals surface area contributed by atoms with Gasteiger partial charge in [-0.2, -0.15) is 18.3 Å². The highest BCUT2D eigenvalue weighted by molar-refractivity contribution is 5.83. The first-order valence-electron chi connectivity index (χ1n) is 12.7. The molecule has 9 nitrogen and oxygen atoms in total. The summed E-state index contributed by atoms with van der Waals surface area (Å²) < 4.78 is 45.6. The lowest BCUT2D eigenvalue weighted by molar-refractivity contribution is -0.138. The molecule has 40 heavy (non-hydrogen) atoms. The third-order valence-electron chi connectivity index (χ3n) is 6.26. The van der Waals surface area contributed by atoms with Crippen molar-refractivity contribution in [2.24, 2.45) is 0 Å². The number of ether oxygens (including phenoxy) is 1. The minimum atomic E-state index is -4.50. The van der Waals surface area contributed by atoms with Gasteiger partial charge in [-0.25, -0.2) is 15.0 Å². The van der Waals surface area contributed by atoms with Crippen molar-refractivity contribution in [3.05, 3.63) is 77.7 Å². The molecule has 0 aliphatic rings. The van der Waals surface area contributed by atoms with Gasteiger partial charge < -0.3 is 19.9 Å². The molecule has 3 aromatic heterocycles. The summed E-state index contributed by atoms with van der Waals surface area (Å²) in [4.78, 5) is 12.0. The maximum absolute atomic E-state index is 12.7. The maximum Gasteiger partial charge on any atom is 0.419 e. The molecule has 208 valence electrons. The quantitative estimate of drug-likeness (QED) is 0.190. The van der Waals surface area contributed by atoms with Crippen LogP contribution < -0.4 is 15.4 Å². The van der Waals surface area contributed by atoms with Crippen molar-refractivity contribution >= 4 is 28.5 Å². The lowest BCUT2D eigenvalue weighted by Crippen LogP contribution is -2.11. The highest BCUT2D eigenvalue weighted by Gasteiger charge is 2.31.